The van der Waals surface area contributed by atoms with E-state index in [1.54, 1.807) is 0 Å². The topological polar surface area (TPSA) is 174 Å². The molecular weight excluding hydrogens is 603 g/mol. The van der Waals surface area contributed by atoms with Crippen LogP contribution in [-0.4, -0.2) is 125 Å². The molecule has 2 saturated heterocycles. The van der Waals surface area contributed by atoms with Crippen LogP contribution in [0.3, 0.4) is 0 Å². The number of esters is 2. The molecule has 0 saturated carbocycles. The van der Waals surface area contributed by atoms with Crippen LogP contribution in [0, 0.1) is 12.2 Å². The van der Waals surface area contributed by atoms with Gasteiger partial charge in [0.2, 0.25) is 11.8 Å². The third kappa shape index (κ3) is 10.2. The number of carbonyl (C=O) groups excluding carboxylic acids is 4. The van der Waals surface area contributed by atoms with Gasteiger partial charge in [0.05, 0.1) is 24.6 Å². The SMILES string of the molecule is CN1C[C-]2CN(Cc3cccc(n3)CN3C[C-](C1)OC(=O)C3CCC(=O)NCCO)C(CCC(=O)NCCO)C(=O)O2.[Mn+2]. The van der Waals surface area contributed by atoms with E-state index in [9.17, 15) is 19.2 Å². The van der Waals surface area contributed by atoms with Gasteiger partial charge in [-0.15, -0.1) is 12.2 Å². The Labute approximate surface area is 261 Å². The summed E-state index contributed by atoms with van der Waals surface area (Å²) in [5.41, 5.74) is 1.45. The van der Waals surface area contributed by atoms with E-state index in [2.05, 4.69) is 10.6 Å². The molecule has 1 radical (unpaired) electrons. The summed E-state index contributed by atoms with van der Waals surface area (Å²) in [7, 11) is 1.85. The average Bonchev–Trinajstić information content (AvgIpc) is 2.93. The number of amides is 2. The van der Waals surface area contributed by atoms with Gasteiger partial charge in [-0.1, -0.05) is 32.2 Å². The van der Waals surface area contributed by atoms with Gasteiger partial charge in [0.1, 0.15) is 12.1 Å². The van der Waals surface area contributed by atoms with Crippen LogP contribution in [0.4, 0.5) is 0 Å². The molecule has 4 rings (SSSR count). The molecular formula is C28H40MnN6O8. The summed E-state index contributed by atoms with van der Waals surface area (Å²) in [4.78, 5) is 61.2. The monoisotopic (exact) mass is 643 g/mol. The smallest absolute Gasteiger partial charge is 0.630 e. The minimum Gasteiger partial charge on any atom is -0.630 e. The van der Waals surface area contributed by atoms with E-state index in [1.807, 2.05) is 39.9 Å². The van der Waals surface area contributed by atoms with Gasteiger partial charge >= 0.3 is 17.1 Å². The number of likely N-dealkylation sites (N-methyl/N-ethyl adjacent to an activating group) is 1. The van der Waals surface area contributed by atoms with E-state index in [0.717, 1.165) is 11.4 Å². The van der Waals surface area contributed by atoms with Crippen molar-refractivity contribution in [2.24, 2.45) is 0 Å². The number of nitrogens with one attached hydrogen (secondary N) is 2. The molecule has 6 bridgehead atoms. The first-order chi connectivity index (χ1) is 20.2. The van der Waals surface area contributed by atoms with Gasteiger partial charge < -0.3 is 45.0 Å². The Kier molecular flexibility index (Phi) is 13.8. The molecule has 1 aromatic heterocycles. The number of morpholine rings is 2. The van der Waals surface area contributed by atoms with Gasteiger partial charge in [0, 0.05) is 39.0 Å². The molecule has 2 fully saturated rings. The molecule has 3 aliphatic heterocycles. The van der Waals surface area contributed by atoms with Crippen molar-refractivity contribution in [2.45, 2.75) is 50.9 Å². The zero-order chi connectivity index (χ0) is 30.1. The number of nitrogens with zero attached hydrogens (tertiary/aromatic N) is 4. The van der Waals surface area contributed by atoms with Crippen LogP contribution in [0.5, 0.6) is 0 Å². The van der Waals surface area contributed by atoms with Gasteiger partial charge in [-0.25, -0.2) is 0 Å². The quantitative estimate of drug-likeness (QED) is 0.130. The fraction of sp³-hybridized carbons (Fsp3) is 0.607. The predicted molar refractivity (Wildman–Crippen MR) is 147 cm³/mol. The molecule has 4 N–H and O–H groups in total. The zero-order valence-corrected chi connectivity index (χ0v) is 25.5. The number of fused-ring (bicyclic) bond motifs is 6. The van der Waals surface area contributed by atoms with Gasteiger partial charge in [-0.2, -0.15) is 0 Å². The number of aliphatic hydroxyl groups excluding tert-OH is 2. The van der Waals surface area contributed by atoms with E-state index >= 15 is 0 Å². The minimum absolute atomic E-state index is 0. The normalized spacial score (nSPS) is 25.0. The molecule has 0 spiro atoms. The summed E-state index contributed by atoms with van der Waals surface area (Å²) in [5.74, 6) is -1.37. The Morgan fingerprint density at radius 2 is 1.30 bits per heavy atom. The summed E-state index contributed by atoms with van der Waals surface area (Å²) in [6.45, 7) is 2.09. The summed E-state index contributed by atoms with van der Waals surface area (Å²) < 4.78 is 11.4. The summed E-state index contributed by atoms with van der Waals surface area (Å²) in [6, 6.07) is 4.34. The Bertz CT molecular complexity index is 1030. The molecule has 2 amide bonds. The van der Waals surface area contributed by atoms with Crippen LogP contribution in [0.2, 0.25) is 0 Å². The van der Waals surface area contributed by atoms with Crippen LogP contribution < -0.4 is 10.6 Å². The molecule has 4 atom stereocenters. The van der Waals surface area contributed by atoms with Crippen molar-refractivity contribution in [2.75, 3.05) is 59.5 Å². The molecule has 15 heteroatoms. The van der Waals surface area contributed by atoms with Crippen LogP contribution in [0.1, 0.15) is 37.1 Å². The summed E-state index contributed by atoms with van der Waals surface area (Å²) in [6.07, 6.45) is 1.82. The van der Waals surface area contributed by atoms with E-state index in [0.29, 0.717) is 51.5 Å². The fourth-order valence-electron chi connectivity index (χ4n) is 5.44. The molecule has 4 unspecified atom stereocenters. The van der Waals surface area contributed by atoms with E-state index in [4.69, 9.17) is 24.7 Å². The number of pyridine rings is 1. The number of hydrogen-bond donors (Lipinski definition) is 4. The number of ether oxygens (including phenoxy) is 2. The summed E-state index contributed by atoms with van der Waals surface area (Å²) in [5, 5.41) is 23.1. The van der Waals surface area contributed by atoms with Crippen molar-refractivity contribution in [1.29, 1.82) is 0 Å². The molecule has 3 aliphatic rings. The second-order valence-electron chi connectivity index (χ2n) is 10.8. The molecule has 14 nitrogen and oxygen atoms in total. The maximum absolute atomic E-state index is 13.1. The van der Waals surface area contributed by atoms with Gasteiger partial charge in [0.15, 0.2) is 0 Å². The number of aliphatic hydroxyl groups is 2. The third-order valence-electron chi connectivity index (χ3n) is 7.32. The Balaban J connectivity index is 0.00000506. The van der Waals surface area contributed by atoms with Crippen molar-refractivity contribution in [1.82, 2.24) is 30.3 Å². The second kappa shape index (κ2) is 17.0. The van der Waals surface area contributed by atoms with Crippen molar-refractivity contribution < 1.29 is 55.9 Å². The molecule has 0 aromatic carbocycles. The molecule has 237 valence electrons. The van der Waals surface area contributed by atoms with E-state index in [-0.39, 0.29) is 80.9 Å². The maximum atomic E-state index is 13.1. The molecule has 0 aliphatic carbocycles. The number of hydrogen-bond acceptors (Lipinski definition) is 12. The maximum Gasteiger partial charge on any atom is 2.00 e. The molecule has 43 heavy (non-hydrogen) atoms. The second-order valence-corrected chi connectivity index (χ2v) is 10.8. The fourth-order valence-corrected chi connectivity index (χ4v) is 5.44. The molecule has 1 aromatic rings. The molecule has 4 heterocycles. The van der Waals surface area contributed by atoms with Crippen molar-refractivity contribution in [3.05, 3.63) is 41.8 Å². The Morgan fingerprint density at radius 1 is 0.860 bits per heavy atom. The van der Waals surface area contributed by atoms with E-state index < -0.39 is 24.0 Å². The Morgan fingerprint density at radius 3 is 1.72 bits per heavy atom. The van der Waals surface area contributed by atoms with Crippen LogP contribution in [0.25, 0.3) is 0 Å². The standard InChI is InChI=1S/C28H40N6O8.Mn/c1-32-15-21-17-33(23(27(39)41-21)5-7-25(37)29-9-11-35)13-19-3-2-4-20(31-19)14-34-18-22(16-32)42-28(40)24(34)6-8-26(38)30-10-12-36;/h2-4,23-24,35-36H,5-18H2,1H3,(H,29,37)(H,30,38);/q-2;+2. The largest absolute Gasteiger partial charge is 2.00 e. The first kappa shape index (κ1) is 34.8. The van der Waals surface area contributed by atoms with Crippen LogP contribution >= 0.6 is 0 Å². The van der Waals surface area contributed by atoms with Gasteiger partial charge in [-0.3, -0.25) is 24.2 Å². The minimum atomic E-state index is -0.642. The van der Waals surface area contributed by atoms with Gasteiger partial charge in [-0.05, 0) is 32.0 Å². The number of aromatic nitrogens is 1. The van der Waals surface area contributed by atoms with Crippen molar-refractivity contribution >= 4 is 23.8 Å². The van der Waals surface area contributed by atoms with Crippen molar-refractivity contribution in [3.8, 4) is 0 Å². The van der Waals surface area contributed by atoms with Crippen molar-refractivity contribution in [3.63, 3.8) is 0 Å². The van der Waals surface area contributed by atoms with Gasteiger partial charge in [0.25, 0.3) is 11.9 Å². The van der Waals surface area contributed by atoms with Crippen LogP contribution in [-0.2, 0) is 58.8 Å². The third-order valence-corrected chi connectivity index (χ3v) is 7.32. The predicted octanol–water partition coefficient (Wildman–Crippen LogP) is -1.68. The summed E-state index contributed by atoms with van der Waals surface area (Å²) >= 11 is 0. The Hall–Kier alpha value is -2.65. The average molecular weight is 644 g/mol. The zero-order valence-electron chi connectivity index (χ0n) is 24.3. The van der Waals surface area contributed by atoms with E-state index in [1.165, 1.54) is 0 Å². The first-order valence-electron chi connectivity index (χ1n) is 14.2. The van der Waals surface area contributed by atoms with Crippen LogP contribution in [0.15, 0.2) is 18.2 Å². The number of rotatable bonds is 10. The number of carbonyl (C=O) groups is 4. The first-order valence-corrected chi connectivity index (χ1v) is 14.2.